The second kappa shape index (κ2) is 14.3. The summed E-state index contributed by atoms with van der Waals surface area (Å²) in [6.45, 7) is 18.0. The zero-order valence-electron chi connectivity index (χ0n) is 25.3. The van der Waals surface area contributed by atoms with Crippen LogP contribution in [-0.4, -0.2) is 77.9 Å². The fourth-order valence-electron chi connectivity index (χ4n) is 4.38. The van der Waals surface area contributed by atoms with Crippen molar-refractivity contribution in [2.24, 2.45) is 5.41 Å². The molecule has 5 atom stereocenters. The lowest BCUT2D eigenvalue weighted by Gasteiger charge is -2.47. The largest absolute Gasteiger partial charge is 0.494 e. The van der Waals surface area contributed by atoms with Gasteiger partial charge in [-0.3, -0.25) is 9.69 Å². The number of aliphatic hydroxyl groups is 1. The van der Waals surface area contributed by atoms with Crippen LogP contribution in [0.2, 0.25) is 0 Å². The summed E-state index contributed by atoms with van der Waals surface area (Å²) in [5.41, 5.74) is 0.0603. The molecule has 1 aliphatic rings. The van der Waals surface area contributed by atoms with Gasteiger partial charge in [-0.2, -0.15) is 0 Å². The maximum Gasteiger partial charge on any atom is 0.411 e. The SMILES string of the molecule is CCCCOc1cccc(C[C@H](NC(C)=O)[C@H](O)C2COC(OCC(C)(C)C)C(C)N2C(=O)OC(C)(C)C)c1. The first-order valence-electron chi connectivity index (χ1n) is 14.0. The first kappa shape index (κ1) is 32.8. The Bertz CT molecular complexity index is 925. The summed E-state index contributed by atoms with van der Waals surface area (Å²) in [6.07, 6.45) is -0.0663. The monoisotopic (exact) mass is 550 g/mol. The number of hydrogen-bond donors (Lipinski definition) is 2. The van der Waals surface area contributed by atoms with E-state index in [2.05, 4.69) is 33.0 Å². The van der Waals surface area contributed by atoms with Crippen LogP contribution in [0.3, 0.4) is 0 Å². The average molecular weight is 551 g/mol. The van der Waals surface area contributed by atoms with Gasteiger partial charge in [0.2, 0.25) is 5.91 Å². The summed E-state index contributed by atoms with van der Waals surface area (Å²) < 4.78 is 23.6. The molecule has 2 N–H and O–H groups in total. The van der Waals surface area contributed by atoms with E-state index < -0.39 is 42.2 Å². The molecule has 1 saturated heterocycles. The molecule has 39 heavy (non-hydrogen) atoms. The van der Waals surface area contributed by atoms with Crippen LogP contribution in [0.1, 0.15) is 80.7 Å². The number of nitrogens with zero attached hydrogens (tertiary/aromatic N) is 1. The van der Waals surface area contributed by atoms with Gasteiger partial charge >= 0.3 is 6.09 Å². The Kier molecular flexibility index (Phi) is 12.1. The van der Waals surface area contributed by atoms with Crippen molar-refractivity contribution in [2.45, 2.75) is 118 Å². The van der Waals surface area contributed by atoms with Crippen molar-refractivity contribution in [3.8, 4) is 5.75 Å². The predicted molar refractivity (Wildman–Crippen MR) is 151 cm³/mol. The summed E-state index contributed by atoms with van der Waals surface area (Å²) in [5, 5.41) is 14.5. The molecule has 1 aliphatic heterocycles. The van der Waals surface area contributed by atoms with Gasteiger partial charge in [-0.1, -0.05) is 46.2 Å². The van der Waals surface area contributed by atoms with E-state index in [1.54, 1.807) is 20.8 Å². The molecule has 1 aromatic carbocycles. The lowest BCUT2D eigenvalue weighted by Crippen LogP contribution is -2.66. The lowest BCUT2D eigenvalue weighted by molar-refractivity contribution is -0.233. The quantitative estimate of drug-likeness (QED) is 0.385. The smallest absolute Gasteiger partial charge is 0.411 e. The van der Waals surface area contributed by atoms with Gasteiger partial charge in [0.05, 0.1) is 44.1 Å². The Labute approximate surface area is 234 Å². The number of benzene rings is 1. The lowest BCUT2D eigenvalue weighted by atomic mass is 9.94. The van der Waals surface area contributed by atoms with E-state index in [4.69, 9.17) is 18.9 Å². The molecular formula is C30H50N2O7. The number of nitrogens with one attached hydrogen (secondary N) is 1. The zero-order valence-corrected chi connectivity index (χ0v) is 25.3. The van der Waals surface area contributed by atoms with Crippen LogP contribution in [-0.2, 0) is 25.4 Å². The van der Waals surface area contributed by atoms with Gasteiger partial charge in [-0.05, 0) is 63.6 Å². The highest BCUT2D eigenvalue weighted by molar-refractivity contribution is 5.73. The first-order chi connectivity index (χ1) is 18.1. The number of carbonyl (C=O) groups is 2. The second-order valence-corrected chi connectivity index (χ2v) is 12.6. The van der Waals surface area contributed by atoms with Crippen LogP contribution < -0.4 is 10.1 Å². The van der Waals surface area contributed by atoms with E-state index in [0.29, 0.717) is 19.6 Å². The molecule has 0 bridgehead atoms. The van der Waals surface area contributed by atoms with Crippen LogP contribution in [0.4, 0.5) is 4.79 Å². The molecule has 2 amide bonds. The van der Waals surface area contributed by atoms with Crippen molar-refractivity contribution < 1.29 is 33.6 Å². The molecule has 0 spiro atoms. The highest BCUT2D eigenvalue weighted by Gasteiger charge is 2.46. The maximum absolute atomic E-state index is 13.4. The third kappa shape index (κ3) is 11.0. The molecular weight excluding hydrogens is 500 g/mol. The molecule has 1 aromatic rings. The normalized spacial score (nSPS) is 21.7. The van der Waals surface area contributed by atoms with Crippen LogP contribution in [0.15, 0.2) is 24.3 Å². The topological polar surface area (TPSA) is 107 Å². The summed E-state index contributed by atoms with van der Waals surface area (Å²) >= 11 is 0. The minimum atomic E-state index is -1.14. The van der Waals surface area contributed by atoms with E-state index in [0.717, 1.165) is 24.2 Å². The minimum absolute atomic E-state index is 0.0236. The second-order valence-electron chi connectivity index (χ2n) is 12.6. The number of carbonyl (C=O) groups excluding carboxylic acids is 2. The van der Waals surface area contributed by atoms with Crippen LogP contribution in [0, 0.1) is 5.41 Å². The molecule has 1 fully saturated rings. The average Bonchev–Trinajstić information content (AvgIpc) is 2.80. The van der Waals surface area contributed by atoms with E-state index in [9.17, 15) is 14.7 Å². The molecule has 0 saturated carbocycles. The number of morpholine rings is 1. The fourth-order valence-corrected chi connectivity index (χ4v) is 4.38. The van der Waals surface area contributed by atoms with E-state index in [-0.39, 0.29) is 17.9 Å². The standard InChI is InChI=1S/C30H50N2O7/c1-10-11-15-36-23-14-12-13-22(16-23)17-24(31-21(3)33)26(34)25-18-37-27(38-19-29(4,5)6)20(2)32(25)28(35)39-30(7,8)9/h12-14,16,20,24-27,34H,10-11,15,17-19H2,1-9H3,(H,31,33)/t20?,24-,25?,26-,27?/m0/s1. The Morgan fingerprint density at radius 1 is 1.21 bits per heavy atom. The summed E-state index contributed by atoms with van der Waals surface area (Å²) in [6, 6.07) is 5.63. The molecule has 9 nitrogen and oxygen atoms in total. The van der Waals surface area contributed by atoms with Crippen molar-refractivity contribution in [3.05, 3.63) is 29.8 Å². The van der Waals surface area contributed by atoms with Crippen molar-refractivity contribution in [1.82, 2.24) is 10.2 Å². The molecule has 222 valence electrons. The van der Waals surface area contributed by atoms with Crippen LogP contribution in [0.25, 0.3) is 0 Å². The summed E-state index contributed by atoms with van der Waals surface area (Å²) in [5.74, 6) is 0.454. The van der Waals surface area contributed by atoms with Gasteiger partial charge in [0.25, 0.3) is 0 Å². The van der Waals surface area contributed by atoms with Gasteiger partial charge in [0, 0.05) is 6.92 Å². The Balaban J connectivity index is 2.31. The molecule has 0 aromatic heterocycles. The van der Waals surface area contributed by atoms with Crippen LogP contribution >= 0.6 is 0 Å². The third-order valence-electron chi connectivity index (χ3n) is 6.22. The summed E-state index contributed by atoms with van der Waals surface area (Å²) in [7, 11) is 0. The van der Waals surface area contributed by atoms with Gasteiger partial charge in [0.15, 0.2) is 6.29 Å². The third-order valence-corrected chi connectivity index (χ3v) is 6.22. The number of ether oxygens (including phenoxy) is 4. The number of amides is 2. The van der Waals surface area contributed by atoms with E-state index in [1.807, 2.05) is 31.2 Å². The molecule has 2 rings (SSSR count). The number of rotatable bonds is 11. The fraction of sp³-hybridized carbons (Fsp3) is 0.733. The molecule has 9 heteroatoms. The molecule has 0 aliphatic carbocycles. The Morgan fingerprint density at radius 2 is 1.90 bits per heavy atom. The van der Waals surface area contributed by atoms with Gasteiger partial charge in [0.1, 0.15) is 11.4 Å². The van der Waals surface area contributed by atoms with Crippen molar-refractivity contribution >= 4 is 12.0 Å². The van der Waals surface area contributed by atoms with E-state index >= 15 is 0 Å². The van der Waals surface area contributed by atoms with Gasteiger partial charge in [-0.25, -0.2) is 4.79 Å². The van der Waals surface area contributed by atoms with E-state index in [1.165, 1.54) is 11.8 Å². The highest BCUT2D eigenvalue weighted by atomic mass is 16.7. The van der Waals surface area contributed by atoms with Gasteiger partial charge < -0.3 is 29.4 Å². The van der Waals surface area contributed by atoms with Crippen molar-refractivity contribution in [3.63, 3.8) is 0 Å². The maximum atomic E-state index is 13.4. The number of aliphatic hydroxyl groups excluding tert-OH is 1. The number of unbranched alkanes of at least 4 members (excludes halogenated alkanes) is 1. The van der Waals surface area contributed by atoms with Crippen molar-refractivity contribution in [2.75, 3.05) is 19.8 Å². The zero-order chi connectivity index (χ0) is 29.4. The Hall–Kier alpha value is -2.36. The minimum Gasteiger partial charge on any atom is -0.494 e. The number of hydrogen-bond acceptors (Lipinski definition) is 7. The Morgan fingerprint density at radius 3 is 2.49 bits per heavy atom. The molecule has 0 radical (unpaired) electrons. The molecule has 1 heterocycles. The first-order valence-corrected chi connectivity index (χ1v) is 14.0. The van der Waals surface area contributed by atoms with Crippen molar-refractivity contribution in [1.29, 1.82) is 0 Å². The predicted octanol–water partition coefficient (Wildman–Crippen LogP) is 4.69. The van der Waals surface area contributed by atoms with Gasteiger partial charge in [-0.15, -0.1) is 0 Å². The molecule has 3 unspecified atom stereocenters. The van der Waals surface area contributed by atoms with Crippen LogP contribution in [0.5, 0.6) is 5.75 Å². The highest BCUT2D eigenvalue weighted by Crippen LogP contribution is 2.28. The summed E-state index contributed by atoms with van der Waals surface area (Å²) in [4.78, 5) is 27.1.